The molecule has 2 aromatic heterocycles. The Morgan fingerprint density at radius 1 is 1.03 bits per heavy atom. The van der Waals surface area contributed by atoms with Crippen LogP contribution in [-0.2, 0) is 6.54 Å². The lowest BCUT2D eigenvalue weighted by Gasteiger charge is -2.15. The third-order valence-corrected chi connectivity index (χ3v) is 4.91. The molecule has 0 unspecified atom stereocenters. The van der Waals surface area contributed by atoms with Gasteiger partial charge < -0.3 is 14.6 Å². The number of nitrogens with one attached hydrogen (secondary N) is 1. The van der Waals surface area contributed by atoms with Crippen molar-refractivity contribution in [1.29, 1.82) is 0 Å². The third kappa shape index (κ3) is 4.10. The maximum absolute atomic E-state index is 13.1. The SMILES string of the molecule is COc1ccc([C@H](C)NC(=O)c2nnn(Cc3ccccc3)c2-n2cccc2)cc1. The molecule has 2 heterocycles. The highest BCUT2D eigenvalue weighted by atomic mass is 16.5. The van der Waals surface area contributed by atoms with Gasteiger partial charge in [-0.3, -0.25) is 4.79 Å². The maximum Gasteiger partial charge on any atom is 0.276 e. The first-order valence-electron chi connectivity index (χ1n) is 9.71. The number of aromatic nitrogens is 4. The molecule has 4 rings (SSSR count). The molecule has 0 radical (unpaired) electrons. The molecule has 0 spiro atoms. The van der Waals surface area contributed by atoms with E-state index in [0.29, 0.717) is 12.4 Å². The van der Waals surface area contributed by atoms with E-state index in [4.69, 9.17) is 4.74 Å². The van der Waals surface area contributed by atoms with Crippen molar-refractivity contribution in [1.82, 2.24) is 24.9 Å². The zero-order chi connectivity index (χ0) is 20.9. The molecule has 4 aromatic rings. The average Bonchev–Trinajstić information content (AvgIpc) is 3.44. The number of methoxy groups -OCH3 is 1. The molecular formula is C23H23N5O2. The summed E-state index contributed by atoms with van der Waals surface area (Å²) in [5.74, 6) is 1.13. The Morgan fingerprint density at radius 3 is 2.40 bits per heavy atom. The van der Waals surface area contributed by atoms with Gasteiger partial charge in [-0.2, -0.15) is 0 Å². The largest absolute Gasteiger partial charge is 0.497 e. The van der Waals surface area contributed by atoms with Gasteiger partial charge in [-0.1, -0.05) is 47.7 Å². The van der Waals surface area contributed by atoms with E-state index in [0.717, 1.165) is 16.9 Å². The monoisotopic (exact) mass is 401 g/mol. The van der Waals surface area contributed by atoms with Gasteiger partial charge in [0.2, 0.25) is 0 Å². The van der Waals surface area contributed by atoms with Crippen LogP contribution >= 0.6 is 0 Å². The molecule has 152 valence electrons. The zero-order valence-electron chi connectivity index (χ0n) is 16.9. The molecule has 0 bridgehead atoms. The molecule has 0 aliphatic rings. The Balaban J connectivity index is 1.60. The van der Waals surface area contributed by atoms with Crippen molar-refractivity contribution >= 4 is 5.91 Å². The van der Waals surface area contributed by atoms with Crippen molar-refractivity contribution in [3.8, 4) is 11.6 Å². The quantitative estimate of drug-likeness (QED) is 0.513. The van der Waals surface area contributed by atoms with Crippen molar-refractivity contribution in [2.45, 2.75) is 19.5 Å². The molecule has 0 aliphatic carbocycles. The van der Waals surface area contributed by atoms with Crippen LogP contribution in [0.25, 0.3) is 5.82 Å². The molecular weight excluding hydrogens is 378 g/mol. The van der Waals surface area contributed by atoms with Crippen LogP contribution < -0.4 is 10.1 Å². The molecule has 30 heavy (non-hydrogen) atoms. The zero-order valence-corrected chi connectivity index (χ0v) is 16.9. The molecule has 7 nitrogen and oxygen atoms in total. The summed E-state index contributed by atoms with van der Waals surface area (Å²) < 4.78 is 8.79. The Kier molecular flexibility index (Phi) is 5.61. The van der Waals surface area contributed by atoms with Gasteiger partial charge in [0.05, 0.1) is 19.7 Å². The van der Waals surface area contributed by atoms with E-state index in [1.54, 1.807) is 11.8 Å². The van der Waals surface area contributed by atoms with Crippen LogP contribution in [0.4, 0.5) is 0 Å². The molecule has 1 N–H and O–H groups in total. The summed E-state index contributed by atoms with van der Waals surface area (Å²) in [5, 5.41) is 11.5. The highest BCUT2D eigenvalue weighted by molar-refractivity contribution is 5.95. The van der Waals surface area contributed by atoms with Crippen LogP contribution in [0.15, 0.2) is 79.1 Å². The van der Waals surface area contributed by atoms with Crippen molar-refractivity contribution in [3.63, 3.8) is 0 Å². The van der Waals surface area contributed by atoms with E-state index in [1.165, 1.54) is 0 Å². The van der Waals surface area contributed by atoms with Crippen LogP contribution in [0, 0.1) is 0 Å². The highest BCUT2D eigenvalue weighted by Gasteiger charge is 2.23. The molecule has 1 atom stereocenters. The lowest BCUT2D eigenvalue weighted by molar-refractivity contribution is 0.0934. The van der Waals surface area contributed by atoms with E-state index in [1.807, 2.05) is 90.6 Å². The first-order chi connectivity index (χ1) is 14.7. The summed E-state index contributed by atoms with van der Waals surface area (Å²) in [4.78, 5) is 13.1. The molecule has 2 aromatic carbocycles. The standard InChI is InChI=1S/C23H23N5O2/c1-17(19-10-12-20(30-2)13-11-19)24-22(29)21-23(27-14-6-7-15-27)28(26-25-21)16-18-8-4-3-5-9-18/h3-15,17H,16H2,1-2H3,(H,24,29)/t17-/m0/s1. The fourth-order valence-corrected chi connectivity index (χ4v) is 3.29. The smallest absolute Gasteiger partial charge is 0.276 e. The van der Waals surface area contributed by atoms with Crippen LogP contribution in [0.3, 0.4) is 0 Å². The van der Waals surface area contributed by atoms with Crippen molar-refractivity contribution in [2.24, 2.45) is 0 Å². The number of hydrogen-bond acceptors (Lipinski definition) is 4. The second-order valence-electron chi connectivity index (χ2n) is 6.96. The maximum atomic E-state index is 13.1. The summed E-state index contributed by atoms with van der Waals surface area (Å²) in [6.07, 6.45) is 3.76. The van der Waals surface area contributed by atoms with Crippen LogP contribution in [0.1, 0.15) is 34.6 Å². The molecule has 0 saturated heterocycles. The molecule has 0 aliphatic heterocycles. The van der Waals surface area contributed by atoms with Gasteiger partial charge in [-0.05, 0) is 42.3 Å². The van der Waals surface area contributed by atoms with Gasteiger partial charge in [0, 0.05) is 12.4 Å². The van der Waals surface area contributed by atoms with E-state index >= 15 is 0 Å². The Labute approximate surface area is 174 Å². The number of nitrogens with zero attached hydrogens (tertiary/aromatic N) is 4. The fourth-order valence-electron chi connectivity index (χ4n) is 3.29. The summed E-state index contributed by atoms with van der Waals surface area (Å²) >= 11 is 0. The summed E-state index contributed by atoms with van der Waals surface area (Å²) in [6, 6.07) is 21.2. The Hall–Kier alpha value is -3.87. The first kappa shape index (κ1) is 19.4. The van der Waals surface area contributed by atoms with Crippen LogP contribution in [0.5, 0.6) is 5.75 Å². The van der Waals surface area contributed by atoms with Gasteiger partial charge in [0.25, 0.3) is 5.91 Å². The van der Waals surface area contributed by atoms with Gasteiger partial charge in [-0.25, -0.2) is 4.68 Å². The second-order valence-corrected chi connectivity index (χ2v) is 6.96. The van der Waals surface area contributed by atoms with E-state index in [9.17, 15) is 4.79 Å². The minimum atomic E-state index is -0.277. The van der Waals surface area contributed by atoms with Gasteiger partial charge in [-0.15, -0.1) is 5.10 Å². The predicted octanol–water partition coefficient (Wildman–Crippen LogP) is 3.62. The number of amides is 1. The third-order valence-electron chi connectivity index (χ3n) is 4.91. The predicted molar refractivity (Wildman–Crippen MR) is 114 cm³/mol. The number of benzene rings is 2. The first-order valence-corrected chi connectivity index (χ1v) is 9.71. The van der Waals surface area contributed by atoms with E-state index < -0.39 is 0 Å². The Bertz CT molecular complexity index is 1100. The summed E-state index contributed by atoms with van der Waals surface area (Å²) in [5.41, 5.74) is 2.33. The minimum absolute atomic E-state index is 0.194. The number of carbonyl (C=O) groups is 1. The number of carbonyl (C=O) groups excluding carboxylic acids is 1. The minimum Gasteiger partial charge on any atom is -0.497 e. The number of ether oxygens (including phenoxy) is 1. The van der Waals surface area contributed by atoms with Crippen molar-refractivity contribution in [3.05, 3.63) is 95.9 Å². The fraction of sp³-hybridized carbons (Fsp3) is 0.174. The second kappa shape index (κ2) is 8.65. The Morgan fingerprint density at radius 2 is 1.73 bits per heavy atom. The van der Waals surface area contributed by atoms with Crippen molar-refractivity contribution in [2.75, 3.05) is 7.11 Å². The molecule has 7 heteroatoms. The van der Waals surface area contributed by atoms with E-state index in [2.05, 4.69) is 15.6 Å². The lowest BCUT2D eigenvalue weighted by atomic mass is 10.1. The normalized spacial score (nSPS) is 11.8. The highest BCUT2D eigenvalue weighted by Crippen LogP contribution is 2.19. The average molecular weight is 401 g/mol. The van der Waals surface area contributed by atoms with Gasteiger partial charge in [0.15, 0.2) is 11.5 Å². The van der Waals surface area contributed by atoms with Gasteiger partial charge >= 0.3 is 0 Å². The van der Waals surface area contributed by atoms with E-state index in [-0.39, 0.29) is 17.6 Å². The number of rotatable bonds is 7. The lowest BCUT2D eigenvalue weighted by Crippen LogP contribution is -2.28. The molecule has 1 amide bonds. The van der Waals surface area contributed by atoms with Crippen LogP contribution in [0.2, 0.25) is 0 Å². The van der Waals surface area contributed by atoms with Crippen LogP contribution in [-0.4, -0.2) is 32.6 Å². The summed E-state index contributed by atoms with van der Waals surface area (Å²) in [7, 11) is 1.63. The molecule has 0 fully saturated rings. The van der Waals surface area contributed by atoms with Crippen molar-refractivity contribution < 1.29 is 9.53 Å². The topological polar surface area (TPSA) is 74.0 Å². The number of hydrogen-bond donors (Lipinski definition) is 1. The molecule has 0 saturated carbocycles. The van der Waals surface area contributed by atoms with Gasteiger partial charge in [0.1, 0.15) is 5.75 Å². The summed E-state index contributed by atoms with van der Waals surface area (Å²) in [6.45, 7) is 2.45.